The summed E-state index contributed by atoms with van der Waals surface area (Å²) < 4.78 is 1.56. The first-order valence-electron chi connectivity index (χ1n) is 4.30. The molecule has 4 heteroatoms. The summed E-state index contributed by atoms with van der Waals surface area (Å²) in [7, 11) is 0. The van der Waals surface area contributed by atoms with Crippen molar-refractivity contribution in [1.82, 2.24) is 14.9 Å². The van der Waals surface area contributed by atoms with Gasteiger partial charge in [-0.15, -0.1) is 10.2 Å². The quantitative estimate of drug-likeness (QED) is 0.666. The van der Waals surface area contributed by atoms with Crippen LogP contribution < -0.4 is 0 Å². The fourth-order valence-electron chi connectivity index (χ4n) is 1.04. The fourth-order valence-corrected chi connectivity index (χ4v) is 1.04. The van der Waals surface area contributed by atoms with Crippen LogP contribution in [-0.4, -0.2) is 21.1 Å². The van der Waals surface area contributed by atoms with E-state index < -0.39 is 0 Å². The van der Waals surface area contributed by atoms with E-state index in [2.05, 4.69) is 22.2 Å². The molecule has 0 spiro atoms. The predicted molar refractivity (Wildman–Crippen MR) is 54.2 cm³/mol. The van der Waals surface area contributed by atoms with Gasteiger partial charge in [0.05, 0.1) is 6.21 Å². The molecular formula is C10H10N4. The lowest BCUT2D eigenvalue weighted by atomic mass is 10.2. The SMILES string of the molecule is Cc1ccc(/C=N/n2cnnc2)cc1. The zero-order valence-corrected chi connectivity index (χ0v) is 7.83. The van der Waals surface area contributed by atoms with Crippen molar-refractivity contribution in [3.63, 3.8) is 0 Å². The zero-order valence-electron chi connectivity index (χ0n) is 7.83. The van der Waals surface area contributed by atoms with Crippen LogP contribution in [0.2, 0.25) is 0 Å². The summed E-state index contributed by atoms with van der Waals surface area (Å²) in [4.78, 5) is 0. The van der Waals surface area contributed by atoms with E-state index in [9.17, 15) is 0 Å². The van der Waals surface area contributed by atoms with E-state index in [-0.39, 0.29) is 0 Å². The second-order valence-corrected chi connectivity index (χ2v) is 3.00. The van der Waals surface area contributed by atoms with Crippen LogP contribution >= 0.6 is 0 Å². The topological polar surface area (TPSA) is 43.1 Å². The second kappa shape index (κ2) is 3.83. The molecule has 1 aromatic carbocycles. The molecule has 0 aliphatic carbocycles. The van der Waals surface area contributed by atoms with E-state index in [0.29, 0.717) is 0 Å². The van der Waals surface area contributed by atoms with Crippen LogP contribution in [0.3, 0.4) is 0 Å². The van der Waals surface area contributed by atoms with E-state index in [1.165, 1.54) is 5.56 Å². The van der Waals surface area contributed by atoms with Crippen LogP contribution in [0.15, 0.2) is 42.0 Å². The minimum atomic E-state index is 1.06. The number of nitrogens with zero attached hydrogens (tertiary/aromatic N) is 4. The molecule has 0 atom stereocenters. The van der Waals surface area contributed by atoms with Gasteiger partial charge in [-0.3, -0.25) is 0 Å². The largest absolute Gasteiger partial charge is 0.208 e. The van der Waals surface area contributed by atoms with Crippen LogP contribution in [0.1, 0.15) is 11.1 Å². The monoisotopic (exact) mass is 186 g/mol. The molecule has 0 N–H and O–H groups in total. The summed E-state index contributed by atoms with van der Waals surface area (Å²) in [6, 6.07) is 8.13. The van der Waals surface area contributed by atoms with Gasteiger partial charge in [0.2, 0.25) is 0 Å². The Balaban J connectivity index is 2.15. The highest BCUT2D eigenvalue weighted by Crippen LogP contribution is 2.00. The van der Waals surface area contributed by atoms with Gasteiger partial charge in [-0.2, -0.15) is 5.10 Å². The molecule has 4 nitrogen and oxygen atoms in total. The maximum atomic E-state index is 4.13. The maximum absolute atomic E-state index is 4.13. The Kier molecular flexibility index (Phi) is 2.36. The smallest absolute Gasteiger partial charge is 0.141 e. The Morgan fingerprint density at radius 3 is 2.43 bits per heavy atom. The van der Waals surface area contributed by atoms with E-state index in [1.54, 1.807) is 23.5 Å². The fraction of sp³-hybridized carbons (Fsp3) is 0.100. The molecule has 2 aromatic rings. The number of aromatic nitrogens is 3. The van der Waals surface area contributed by atoms with Crippen molar-refractivity contribution in [3.8, 4) is 0 Å². The Morgan fingerprint density at radius 1 is 1.14 bits per heavy atom. The molecule has 1 heterocycles. The number of hydrogen-bond donors (Lipinski definition) is 0. The van der Waals surface area contributed by atoms with Gasteiger partial charge in [-0.05, 0) is 12.5 Å². The Morgan fingerprint density at radius 2 is 1.79 bits per heavy atom. The molecular weight excluding hydrogens is 176 g/mol. The zero-order chi connectivity index (χ0) is 9.80. The first kappa shape index (κ1) is 8.62. The Labute approximate surface area is 81.9 Å². The highest BCUT2D eigenvalue weighted by molar-refractivity contribution is 5.79. The normalized spacial score (nSPS) is 10.9. The van der Waals surface area contributed by atoms with Gasteiger partial charge in [-0.1, -0.05) is 29.8 Å². The van der Waals surface area contributed by atoms with Gasteiger partial charge in [0.25, 0.3) is 0 Å². The molecule has 1 aromatic heterocycles. The van der Waals surface area contributed by atoms with Gasteiger partial charge in [-0.25, -0.2) is 4.68 Å². The molecule has 0 aliphatic heterocycles. The van der Waals surface area contributed by atoms with Crippen LogP contribution in [-0.2, 0) is 0 Å². The van der Waals surface area contributed by atoms with Crippen LogP contribution in [0, 0.1) is 6.92 Å². The highest BCUT2D eigenvalue weighted by atomic mass is 15.4. The summed E-state index contributed by atoms with van der Waals surface area (Å²) in [5.74, 6) is 0. The van der Waals surface area contributed by atoms with Gasteiger partial charge in [0.1, 0.15) is 12.7 Å². The van der Waals surface area contributed by atoms with Crippen molar-refractivity contribution in [3.05, 3.63) is 48.0 Å². The standard InChI is InChI=1S/C10H10N4/c1-9-2-4-10(5-3-9)6-13-14-7-11-12-8-14/h2-8H,1H3/b13-6+. The van der Waals surface area contributed by atoms with E-state index >= 15 is 0 Å². The number of hydrogen-bond acceptors (Lipinski definition) is 3. The summed E-state index contributed by atoms with van der Waals surface area (Å²) in [5.41, 5.74) is 2.30. The number of aryl methyl sites for hydroxylation is 1. The number of benzene rings is 1. The minimum Gasteiger partial charge on any atom is -0.208 e. The predicted octanol–water partition coefficient (Wildman–Crippen LogP) is 1.47. The lowest BCUT2D eigenvalue weighted by molar-refractivity contribution is 0.878. The third-order valence-electron chi connectivity index (χ3n) is 1.82. The van der Waals surface area contributed by atoms with Crippen LogP contribution in [0.25, 0.3) is 0 Å². The van der Waals surface area contributed by atoms with Crippen molar-refractivity contribution < 1.29 is 0 Å². The lowest BCUT2D eigenvalue weighted by Gasteiger charge is -1.93. The molecule has 14 heavy (non-hydrogen) atoms. The van der Waals surface area contributed by atoms with Crippen molar-refractivity contribution in [1.29, 1.82) is 0 Å². The van der Waals surface area contributed by atoms with Crippen molar-refractivity contribution in [2.45, 2.75) is 6.92 Å². The molecule has 0 bridgehead atoms. The minimum absolute atomic E-state index is 1.06. The third-order valence-corrected chi connectivity index (χ3v) is 1.82. The first-order valence-corrected chi connectivity index (χ1v) is 4.30. The first-order chi connectivity index (χ1) is 6.84. The molecule has 70 valence electrons. The van der Waals surface area contributed by atoms with Crippen molar-refractivity contribution in [2.75, 3.05) is 0 Å². The molecule has 0 fully saturated rings. The second-order valence-electron chi connectivity index (χ2n) is 3.00. The van der Waals surface area contributed by atoms with E-state index in [0.717, 1.165) is 5.56 Å². The molecule has 0 amide bonds. The third kappa shape index (κ3) is 2.04. The summed E-state index contributed by atoms with van der Waals surface area (Å²) in [5, 5.41) is 11.4. The molecule has 0 unspecified atom stereocenters. The molecule has 0 saturated carbocycles. The van der Waals surface area contributed by atoms with Crippen LogP contribution in [0.5, 0.6) is 0 Å². The van der Waals surface area contributed by atoms with Crippen molar-refractivity contribution >= 4 is 6.21 Å². The van der Waals surface area contributed by atoms with E-state index in [4.69, 9.17) is 0 Å². The lowest BCUT2D eigenvalue weighted by Crippen LogP contribution is -1.87. The Hall–Kier alpha value is -1.97. The van der Waals surface area contributed by atoms with Gasteiger partial charge >= 0.3 is 0 Å². The molecule has 0 radical (unpaired) electrons. The summed E-state index contributed by atoms with van der Waals surface area (Å²) in [6.07, 6.45) is 4.86. The van der Waals surface area contributed by atoms with Gasteiger partial charge < -0.3 is 0 Å². The maximum Gasteiger partial charge on any atom is 0.141 e. The highest BCUT2D eigenvalue weighted by Gasteiger charge is 1.87. The summed E-state index contributed by atoms with van der Waals surface area (Å²) in [6.45, 7) is 2.06. The number of rotatable bonds is 2. The average molecular weight is 186 g/mol. The molecule has 0 saturated heterocycles. The Bertz CT molecular complexity index is 414. The van der Waals surface area contributed by atoms with Gasteiger partial charge in [0.15, 0.2) is 0 Å². The molecule has 0 aliphatic rings. The van der Waals surface area contributed by atoms with E-state index in [1.807, 2.05) is 24.3 Å². The van der Waals surface area contributed by atoms with Gasteiger partial charge in [0, 0.05) is 0 Å². The van der Waals surface area contributed by atoms with Crippen molar-refractivity contribution in [2.24, 2.45) is 5.10 Å². The molecule has 2 rings (SSSR count). The van der Waals surface area contributed by atoms with Crippen LogP contribution in [0.4, 0.5) is 0 Å². The average Bonchev–Trinajstić information content (AvgIpc) is 2.70. The summed E-state index contributed by atoms with van der Waals surface area (Å²) >= 11 is 0.